The van der Waals surface area contributed by atoms with Crippen molar-refractivity contribution in [2.75, 3.05) is 0 Å². The van der Waals surface area contributed by atoms with Crippen LogP contribution in [0.5, 0.6) is 0 Å². The second kappa shape index (κ2) is 9.40. The molecular formula is C41H26N3OP. The lowest BCUT2D eigenvalue weighted by molar-refractivity contribution is 0.583. The van der Waals surface area contributed by atoms with Gasteiger partial charge in [0.15, 0.2) is 0 Å². The van der Waals surface area contributed by atoms with Crippen LogP contribution in [-0.4, -0.2) is 13.7 Å². The highest BCUT2D eigenvalue weighted by atomic mass is 31.2. The van der Waals surface area contributed by atoms with Gasteiger partial charge in [0.25, 0.3) is 0 Å². The summed E-state index contributed by atoms with van der Waals surface area (Å²) >= 11 is 0. The van der Waals surface area contributed by atoms with Crippen molar-refractivity contribution in [3.8, 4) is 0 Å². The molecule has 7 aromatic carbocycles. The molecule has 0 saturated heterocycles. The summed E-state index contributed by atoms with van der Waals surface area (Å²) < 4.78 is 20.4. The quantitative estimate of drug-likeness (QED) is 0.148. The third-order valence-electron chi connectivity index (χ3n) is 9.51. The molecule has 0 aliphatic rings. The predicted octanol–water partition coefficient (Wildman–Crippen LogP) is 9.83. The smallest absolute Gasteiger partial charge is 0.234 e. The highest BCUT2D eigenvalue weighted by Gasteiger charge is 2.33. The summed E-state index contributed by atoms with van der Waals surface area (Å²) in [6.07, 6.45) is 0. The molecule has 0 amide bonds. The monoisotopic (exact) mass is 607 g/mol. The topological polar surface area (TPSA) is 39.3 Å². The number of hydrogen-bond donors (Lipinski definition) is 0. The molecule has 0 N–H and O–H groups in total. The first-order chi connectivity index (χ1) is 22.7. The van der Waals surface area contributed by atoms with Gasteiger partial charge in [0.2, 0.25) is 7.29 Å². The van der Waals surface area contributed by atoms with Gasteiger partial charge in [-0.1, -0.05) is 97.1 Å². The highest BCUT2D eigenvalue weighted by Crippen LogP contribution is 2.51. The van der Waals surface area contributed by atoms with Gasteiger partial charge >= 0.3 is 0 Å². The SMILES string of the molecule is O=P(c1ccccc1)(c1ccc2c(ccc3c2c2ccccc2n2c4ccccc4nc32)c1)n1c2ccccc2c2ccccc21. The molecule has 10 aromatic rings. The number of pyridine rings is 1. The van der Waals surface area contributed by atoms with Crippen LogP contribution in [0.2, 0.25) is 0 Å². The van der Waals surface area contributed by atoms with Crippen LogP contribution < -0.4 is 10.6 Å². The second-order valence-corrected chi connectivity index (χ2v) is 14.5. The van der Waals surface area contributed by atoms with Crippen molar-refractivity contribution in [3.63, 3.8) is 0 Å². The fraction of sp³-hybridized carbons (Fsp3) is 0. The summed E-state index contributed by atoms with van der Waals surface area (Å²) in [5.74, 6) is 0. The Bertz CT molecular complexity index is 2850. The van der Waals surface area contributed by atoms with E-state index in [1.807, 2.05) is 48.5 Å². The molecule has 3 aromatic heterocycles. The van der Waals surface area contributed by atoms with Crippen molar-refractivity contribution in [2.45, 2.75) is 0 Å². The average molecular weight is 608 g/mol. The van der Waals surface area contributed by atoms with E-state index in [9.17, 15) is 0 Å². The Kier molecular flexibility index (Phi) is 5.23. The summed E-state index contributed by atoms with van der Waals surface area (Å²) in [6.45, 7) is 0. The molecule has 3 heterocycles. The van der Waals surface area contributed by atoms with E-state index in [1.54, 1.807) is 0 Å². The number of imidazole rings is 1. The first kappa shape index (κ1) is 25.6. The van der Waals surface area contributed by atoms with E-state index in [-0.39, 0.29) is 0 Å². The zero-order chi connectivity index (χ0) is 30.4. The molecule has 0 bridgehead atoms. The molecule has 10 rings (SSSR count). The molecule has 0 aliphatic heterocycles. The molecule has 1 atom stereocenters. The van der Waals surface area contributed by atoms with E-state index in [0.29, 0.717) is 0 Å². The van der Waals surface area contributed by atoms with E-state index >= 15 is 4.57 Å². The number of aromatic nitrogens is 3. The molecule has 0 aliphatic carbocycles. The van der Waals surface area contributed by atoms with Gasteiger partial charge in [0, 0.05) is 37.5 Å². The Labute approximate surface area is 264 Å². The lowest BCUT2D eigenvalue weighted by atomic mass is 9.99. The first-order valence-corrected chi connectivity index (χ1v) is 17.2. The average Bonchev–Trinajstić information content (AvgIpc) is 3.68. The second-order valence-electron chi connectivity index (χ2n) is 11.9. The minimum atomic E-state index is -3.39. The fourth-order valence-corrected chi connectivity index (χ4v) is 10.4. The number of fused-ring (bicyclic) bond motifs is 13. The molecule has 46 heavy (non-hydrogen) atoms. The van der Waals surface area contributed by atoms with Crippen molar-refractivity contribution in [1.82, 2.24) is 13.7 Å². The molecule has 0 spiro atoms. The molecule has 0 saturated carbocycles. The van der Waals surface area contributed by atoms with Crippen molar-refractivity contribution in [2.24, 2.45) is 0 Å². The van der Waals surface area contributed by atoms with Crippen LogP contribution in [0.15, 0.2) is 158 Å². The van der Waals surface area contributed by atoms with Gasteiger partial charge in [-0.05, 0) is 71.4 Å². The lowest BCUT2D eigenvalue weighted by Gasteiger charge is -2.24. The minimum Gasteiger partial charge on any atom is -0.292 e. The maximum absolute atomic E-state index is 16.1. The zero-order valence-corrected chi connectivity index (χ0v) is 25.6. The molecule has 0 radical (unpaired) electrons. The third kappa shape index (κ3) is 3.34. The Morgan fingerprint density at radius 3 is 1.78 bits per heavy atom. The van der Waals surface area contributed by atoms with E-state index in [0.717, 1.165) is 76.2 Å². The van der Waals surface area contributed by atoms with Crippen LogP contribution >= 0.6 is 7.29 Å². The summed E-state index contributed by atoms with van der Waals surface area (Å²) in [5.41, 5.74) is 6.08. The molecule has 1 unspecified atom stereocenters. The van der Waals surface area contributed by atoms with Crippen LogP contribution in [-0.2, 0) is 4.57 Å². The Morgan fingerprint density at radius 2 is 1.04 bits per heavy atom. The minimum absolute atomic E-state index is 0.800. The van der Waals surface area contributed by atoms with Crippen LogP contribution in [0, 0.1) is 0 Å². The van der Waals surface area contributed by atoms with E-state index in [1.165, 1.54) is 5.39 Å². The Balaban J connectivity index is 1.32. The Morgan fingerprint density at radius 1 is 0.457 bits per heavy atom. The maximum Gasteiger partial charge on any atom is 0.234 e. The van der Waals surface area contributed by atoms with Crippen LogP contribution in [0.4, 0.5) is 0 Å². The Hall–Kier alpha value is -5.70. The number of hydrogen-bond acceptors (Lipinski definition) is 2. The lowest BCUT2D eigenvalue weighted by Crippen LogP contribution is -2.21. The molecular weight excluding hydrogens is 581 g/mol. The van der Waals surface area contributed by atoms with Gasteiger partial charge in [0.1, 0.15) is 5.65 Å². The fourth-order valence-electron chi connectivity index (χ4n) is 7.53. The van der Waals surface area contributed by atoms with Gasteiger partial charge in [-0.2, -0.15) is 0 Å². The number of rotatable bonds is 3. The van der Waals surface area contributed by atoms with Crippen molar-refractivity contribution < 1.29 is 4.57 Å². The highest BCUT2D eigenvalue weighted by molar-refractivity contribution is 7.77. The summed E-state index contributed by atoms with van der Waals surface area (Å²) in [6, 6.07) is 54.2. The third-order valence-corrected chi connectivity index (χ3v) is 12.5. The van der Waals surface area contributed by atoms with Crippen molar-refractivity contribution in [1.29, 1.82) is 0 Å². The molecule has 4 nitrogen and oxygen atoms in total. The van der Waals surface area contributed by atoms with Crippen molar-refractivity contribution in [3.05, 3.63) is 158 Å². The van der Waals surface area contributed by atoms with E-state index in [4.69, 9.17) is 4.98 Å². The van der Waals surface area contributed by atoms with Gasteiger partial charge in [0.05, 0.1) is 27.6 Å². The maximum atomic E-state index is 16.1. The number of para-hydroxylation sites is 5. The van der Waals surface area contributed by atoms with E-state index < -0.39 is 7.29 Å². The van der Waals surface area contributed by atoms with Gasteiger partial charge < -0.3 is 0 Å². The van der Waals surface area contributed by atoms with Gasteiger partial charge in [-0.15, -0.1) is 0 Å². The summed E-state index contributed by atoms with van der Waals surface area (Å²) in [4.78, 5) is 5.10. The van der Waals surface area contributed by atoms with Gasteiger partial charge in [-0.3, -0.25) is 13.3 Å². The standard InChI is InChI=1S/C41H26N3OP/c45-46(28-12-2-1-3-13-28,44-37-19-9-4-14-31(37)32-15-5-10-20-38(32)44)29-23-25-30-27(26-29)22-24-34-40(30)33-16-6-8-18-36(33)43-39-21-11-7-17-35(39)42-41(34)43/h1-26H. The normalized spacial score (nSPS) is 13.5. The van der Waals surface area contributed by atoms with Gasteiger partial charge in [-0.25, -0.2) is 4.98 Å². The van der Waals surface area contributed by atoms with Crippen LogP contribution in [0.3, 0.4) is 0 Å². The predicted molar refractivity (Wildman–Crippen MR) is 193 cm³/mol. The molecule has 5 heteroatoms. The number of benzene rings is 7. The largest absolute Gasteiger partial charge is 0.292 e. The number of nitrogens with zero attached hydrogens (tertiary/aromatic N) is 3. The van der Waals surface area contributed by atoms with E-state index in [2.05, 4.69) is 118 Å². The van der Waals surface area contributed by atoms with Crippen LogP contribution in [0.25, 0.3) is 70.9 Å². The van der Waals surface area contributed by atoms with Crippen molar-refractivity contribution >= 4 is 88.8 Å². The zero-order valence-electron chi connectivity index (χ0n) is 24.7. The summed E-state index contributed by atoms with van der Waals surface area (Å²) in [7, 11) is -3.39. The molecule has 0 fully saturated rings. The van der Waals surface area contributed by atoms with Crippen LogP contribution in [0.1, 0.15) is 0 Å². The molecule has 216 valence electrons. The summed E-state index contributed by atoms with van der Waals surface area (Å²) in [5, 5.41) is 9.40. The first-order valence-electron chi connectivity index (χ1n) is 15.5.